The predicted molar refractivity (Wildman–Crippen MR) is 264 cm³/mol. The van der Waals surface area contributed by atoms with Crippen LogP contribution in [0.3, 0.4) is 0 Å². The Labute approximate surface area is 409 Å². The first-order valence-corrected chi connectivity index (χ1v) is 29.2. The van der Waals surface area contributed by atoms with E-state index in [0.717, 1.165) is 44.4 Å². The molecule has 1 rings (SSSR count). The van der Waals surface area contributed by atoms with E-state index in [4.69, 9.17) is 28.3 Å². The van der Waals surface area contributed by atoms with E-state index in [0.29, 0.717) is 32.1 Å². The Morgan fingerprint density at radius 2 is 1.13 bits per heavy atom. The van der Waals surface area contributed by atoms with Crippen molar-refractivity contribution in [2.75, 3.05) is 26.4 Å². The first-order chi connectivity index (χ1) is 32.4. The Hall–Kier alpha value is -1.52. The zero-order valence-corrected chi connectivity index (χ0v) is 43.8. The van der Waals surface area contributed by atoms with Gasteiger partial charge < -0.3 is 44.6 Å². The number of hydrogen-bond acceptors (Lipinski definition) is 13. The Morgan fingerprint density at radius 3 is 1.69 bits per heavy atom. The standard InChI is InChI=1S/C50H94O16P2/c1-4-5-24-30-42(51)34-35-46-45(47(53)36-48(46)54)31-26-22-23-28-33-50(56)66-44(40-65-68(60,61)64-38-43(52)37-63-67(57,58)59)39-62-49(55)32-27-21-19-17-15-13-11-9-7-6-8-10-12-14-16-18-20-25-29-41(2)3/h22,26,34-35,41-48,51-54H,4-21,23-25,27-33,36-40H2,1-3H3,(H,60,61)(H2,57,58,59)/b26-22+,35-34+/t42-,43-,44+,45+,46+,47-,48+/m0/s1. The van der Waals surface area contributed by atoms with Gasteiger partial charge in [0.15, 0.2) is 6.10 Å². The highest BCUT2D eigenvalue weighted by atomic mass is 31.2. The summed E-state index contributed by atoms with van der Waals surface area (Å²) in [5, 5.41) is 41.2. The number of phosphoric acid groups is 2. The molecule has 400 valence electrons. The molecule has 1 saturated carbocycles. The maximum atomic E-state index is 12.8. The maximum absolute atomic E-state index is 12.8. The van der Waals surface area contributed by atoms with Gasteiger partial charge in [0, 0.05) is 25.2 Å². The Kier molecular flexibility index (Phi) is 38.0. The number of hydrogen-bond donors (Lipinski definition) is 7. The van der Waals surface area contributed by atoms with Crippen LogP contribution in [-0.2, 0) is 41.8 Å². The van der Waals surface area contributed by atoms with Gasteiger partial charge >= 0.3 is 27.6 Å². The number of unbranched alkanes of at least 4 members (excludes halogenated alkanes) is 20. The average Bonchev–Trinajstić information content (AvgIpc) is 3.55. The lowest BCUT2D eigenvalue weighted by molar-refractivity contribution is -0.161. The topological polar surface area (TPSA) is 256 Å². The first kappa shape index (κ1) is 64.5. The van der Waals surface area contributed by atoms with Gasteiger partial charge in [-0.05, 0) is 43.9 Å². The summed E-state index contributed by atoms with van der Waals surface area (Å²) in [7, 11) is -9.78. The zero-order valence-electron chi connectivity index (χ0n) is 42.0. The van der Waals surface area contributed by atoms with Crippen molar-refractivity contribution >= 4 is 27.6 Å². The number of rotatable bonds is 45. The molecule has 1 aliphatic carbocycles. The van der Waals surface area contributed by atoms with E-state index < -0.39 is 84.5 Å². The molecule has 0 radical (unpaired) electrons. The third-order valence-electron chi connectivity index (χ3n) is 12.3. The quantitative estimate of drug-likeness (QED) is 0.0130. The molecule has 18 heteroatoms. The summed E-state index contributed by atoms with van der Waals surface area (Å²) >= 11 is 0. The molecular weight excluding hydrogens is 918 g/mol. The minimum atomic E-state index is -4.90. The molecule has 0 aliphatic heterocycles. The minimum Gasteiger partial charge on any atom is -0.462 e. The lowest BCUT2D eigenvalue weighted by atomic mass is 9.89. The summed E-state index contributed by atoms with van der Waals surface area (Å²) < 4.78 is 48.0. The molecule has 0 aromatic rings. The number of aliphatic hydroxyl groups is 4. The molecule has 1 unspecified atom stereocenters. The monoisotopic (exact) mass is 1010 g/mol. The summed E-state index contributed by atoms with van der Waals surface area (Å²) in [6.07, 6.45) is 31.2. The van der Waals surface area contributed by atoms with Gasteiger partial charge in [0.05, 0.1) is 38.1 Å². The van der Waals surface area contributed by atoms with Crippen LogP contribution in [0, 0.1) is 17.8 Å². The van der Waals surface area contributed by atoms with Crippen LogP contribution in [0.5, 0.6) is 0 Å². The molecule has 8 atom stereocenters. The lowest BCUT2D eigenvalue weighted by Crippen LogP contribution is -2.29. The van der Waals surface area contributed by atoms with E-state index in [1.54, 1.807) is 6.08 Å². The number of carbonyl (C=O) groups excluding carboxylic acids is 2. The van der Waals surface area contributed by atoms with Crippen LogP contribution in [0.1, 0.15) is 207 Å². The fourth-order valence-corrected chi connectivity index (χ4v) is 9.45. The second kappa shape index (κ2) is 40.0. The molecule has 0 aromatic carbocycles. The molecule has 16 nitrogen and oxygen atoms in total. The fourth-order valence-electron chi connectivity index (χ4n) is 8.29. The van der Waals surface area contributed by atoms with Crippen molar-refractivity contribution in [3.63, 3.8) is 0 Å². The molecule has 0 aromatic heterocycles. The SMILES string of the molecule is CCCCC[C@H](O)/C=C/[C@@H]1[C@@H](C/C=C/CCCC(=O)O[C@H](COC(=O)CCCCCCCCCCCCCCCCCCCCC(C)C)COP(=O)(O)OC[C@@H](O)COP(=O)(O)O)[C@@H](O)C[C@H]1O. The molecule has 0 heterocycles. The molecular formula is C50H94O16P2. The molecule has 1 fully saturated rings. The number of allylic oxidation sites excluding steroid dienone is 2. The molecule has 0 bridgehead atoms. The van der Waals surface area contributed by atoms with E-state index in [9.17, 15) is 44.0 Å². The predicted octanol–water partition coefficient (Wildman–Crippen LogP) is 10.5. The molecule has 7 N–H and O–H groups in total. The summed E-state index contributed by atoms with van der Waals surface area (Å²) in [5.74, 6) is -0.902. The van der Waals surface area contributed by atoms with E-state index in [2.05, 4.69) is 25.3 Å². The second-order valence-electron chi connectivity index (χ2n) is 19.3. The third kappa shape index (κ3) is 37.3. The maximum Gasteiger partial charge on any atom is 0.472 e. The number of carbonyl (C=O) groups is 2. The molecule has 0 saturated heterocycles. The number of aliphatic hydroxyl groups excluding tert-OH is 4. The van der Waals surface area contributed by atoms with Gasteiger partial charge in [0.2, 0.25) is 0 Å². The van der Waals surface area contributed by atoms with E-state index in [-0.39, 0.29) is 31.1 Å². The summed E-state index contributed by atoms with van der Waals surface area (Å²) in [5.41, 5.74) is 0. The van der Waals surface area contributed by atoms with Crippen molar-refractivity contribution < 1.29 is 76.9 Å². The van der Waals surface area contributed by atoms with Crippen LogP contribution in [0.2, 0.25) is 0 Å². The van der Waals surface area contributed by atoms with Crippen molar-refractivity contribution in [1.29, 1.82) is 0 Å². The minimum absolute atomic E-state index is 0.0428. The Bertz CT molecular complexity index is 1420. The van der Waals surface area contributed by atoms with Gasteiger partial charge in [-0.25, -0.2) is 9.13 Å². The van der Waals surface area contributed by atoms with Crippen LogP contribution in [0.15, 0.2) is 24.3 Å². The third-order valence-corrected chi connectivity index (χ3v) is 13.8. The van der Waals surface area contributed by atoms with Gasteiger partial charge in [-0.3, -0.25) is 23.2 Å². The highest BCUT2D eigenvalue weighted by Gasteiger charge is 2.39. The van der Waals surface area contributed by atoms with Crippen molar-refractivity contribution in [3.05, 3.63) is 24.3 Å². The van der Waals surface area contributed by atoms with E-state index in [1.807, 2.05) is 18.2 Å². The number of ether oxygens (including phenoxy) is 2. The molecule has 68 heavy (non-hydrogen) atoms. The summed E-state index contributed by atoms with van der Waals surface area (Å²) in [6, 6.07) is 0. The van der Waals surface area contributed by atoms with Gasteiger partial charge in [-0.2, -0.15) is 0 Å². The summed E-state index contributed by atoms with van der Waals surface area (Å²) in [4.78, 5) is 53.2. The van der Waals surface area contributed by atoms with Gasteiger partial charge in [-0.15, -0.1) is 0 Å². The highest BCUT2D eigenvalue weighted by Crippen LogP contribution is 2.44. The van der Waals surface area contributed by atoms with Crippen LogP contribution in [0.25, 0.3) is 0 Å². The van der Waals surface area contributed by atoms with Crippen LogP contribution in [0.4, 0.5) is 0 Å². The molecule has 0 spiro atoms. The number of esters is 2. The fraction of sp³-hybridized carbons (Fsp3) is 0.880. The van der Waals surface area contributed by atoms with Crippen molar-refractivity contribution in [2.45, 2.75) is 237 Å². The van der Waals surface area contributed by atoms with Crippen LogP contribution in [-0.4, -0.2) is 104 Å². The Morgan fingerprint density at radius 1 is 0.618 bits per heavy atom. The van der Waals surface area contributed by atoms with Crippen molar-refractivity contribution in [3.8, 4) is 0 Å². The van der Waals surface area contributed by atoms with Crippen LogP contribution < -0.4 is 0 Å². The number of phosphoric ester groups is 2. The van der Waals surface area contributed by atoms with Crippen LogP contribution >= 0.6 is 15.6 Å². The first-order valence-electron chi connectivity index (χ1n) is 26.1. The van der Waals surface area contributed by atoms with E-state index in [1.165, 1.54) is 96.3 Å². The zero-order chi connectivity index (χ0) is 50.5. The van der Waals surface area contributed by atoms with Gasteiger partial charge in [0.1, 0.15) is 12.7 Å². The van der Waals surface area contributed by atoms with Gasteiger partial charge in [-0.1, -0.05) is 180 Å². The van der Waals surface area contributed by atoms with Crippen molar-refractivity contribution in [2.24, 2.45) is 17.8 Å². The Balaban J connectivity index is 2.45. The normalized spacial score (nSPS) is 20.0. The summed E-state index contributed by atoms with van der Waals surface area (Å²) in [6.45, 7) is 3.77. The molecule has 1 aliphatic rings. The lowest BCUT2D eigenvalue weighted by Gasteiger charge is -2.20. The average molecular weight is 1010 g/mol. The molecule has 0 amide bonds. The largest absolute Gasteiger partial charge is 0.472 e. The highest BCUT2D eigenvalue weighted by molar-refractivity contribution is 7.47. The second-order valence-corrected chi connectivity index (χ2v) is 21.9. The smallest absolute Gasteiger partial charge is 0.462 e. The van der Waals surface area contributed by atoms with E-state index >= 15 is 0 Å². The van der Waals surface area contributed by atoms with Gasteiger partial charge in [0.25, 0.3) is 0 Å². The van der Waals surface area contributed by atoms with Crippen molar-refractivity contribution in [1.82, 2.24) is 0 Å².